The van der Waals surface area contributed by atoms with Gasteiger partial charge in [-0.05, 0) is 65.8 Å². The third-order valence-electron chi connectivity index (χ3n) is 7.46. The molecule has 1 aliphatic carbocycles. The van der Waals surface area contributed by atoms with Crippen LogP contribution in [0.3, 0.4) is 0 Å². The molecule has 2 heterocycles. The lowest BCUT2D eigenvalue weighted by atomic mass is 9.67. The van der Waals surface area contributed by atoms with E-state index in [1.165, 1.54) is 31.2 Å². The van der Waals surface area contributed by atoms with E-state index in [2.05, 4.69) is 11.4 Å². The zero-order valence-corrected chi connectivity index (χ0v) is 18.6. The summed E-state index contributed by atoms with van der Waals surface area (Å²) < 4.78 is 22.1. The number of fused-ring (bicyclic) bond motifs is 1. The van der Waals surface area contributed by atoms with Crippen LogP contribution in [0, 0.1) is 5.41 Å². The number of nitrogens with zero attached hydrogens (tertiary/aromatic N) is 1. The molecule has 1 saturated carbocycles. The third kappa shape index (κ3) is 4.34. The lowest BCUT2D eigenvalue weighted by Gasteiger charge is -2.37. The van der Waals surface area contributed by atoms with Crippen LogP contribution in [-0.2, 0) is 41.7 Å². The maximum atomic E-state index is 12.8. The highest BCUT2D eigenvalue weighted by molar-refractivity contribution is 7.79. The molecular weight excluding hydrogens is 408 g/mol. The van der Waals surface area contributed by atoms with Crippen LogP contribution in [0.2, 0.25) is 0 Å². The molecule has 6 heteroatoms. The highest BCUT2D eigenvalue weighted by Crippen LogP contribution is 2.47. The first-order valence-corrected chi connectivity index (χ1v) is 12.4. The van der Waals surface area contributed by atoms with E-state index in [1.807, 2.05) is 41.3 Å². The lowest BCUT2D eigenvalue weighted by Crippen LogP contribution is -2.37. The summed E-state index contributed by atoms with van der Waals surface area (Å²) in [6.45, 7) is 2.29. The Morgan fingerprint density at radius 2 is 2.00 bits per heavy atom. The molecule has 1 amide bonds. The quantitative estimate of drug-likeness (QED) is 0.702. The van der Waals surface area contributed by atoms with Crippen molar-refractivity contribution in [2.24, 2.45) is 5.41 Å². The molecule has 2 unspecified atom stereocenters. The van der Waals surface area contributed by atoms with E-state index in [1.54, 1.807) is 0 Å². The van der Waals surface area contributed by atoms with E-state index >= 15 is 0 Å². The Labute approximate surface area is 186 Å². The Bertz CT molecular complexity index is 1000. The van der Waals surface area contributed by atoms with Crippen LogP contribution in [0.25, 0.3) is 0 Å². The van der Waals surface area contributed by atoms with Crippen molar-refractivity contribution in [2.45, 2.75) is 62.4 Å². The van der Waals surface area contributed by atoms with E-state index in [4.69, 9.17) is 0 Å². The fourth-order valence-corrected chi connectivity index (χ4v) is 6.16. The van der Waals surface area contributed by atoms with Crippen LogP contribution < -0.4 is 5.32 Å². The van der Waals surface area contributed by atoms with Gasteiger partial charge >= 0.3 is 0 Å². The molecule has 31 heavy (non-hydrogen) atoms. The Morgan fingerprint density at radius 1 is 1.19 bits per heavy atom. The molecule has 164 valence electrons. The number of carbonyl (C=O) groups is 1. The van der Waals surface area contributed by atoms with Crippen LogP contribution >= 0.6 is 0 Å². The average molecular weight is 439 g/mol. The highest BCUT2D eigenvalue weighted by Gasteiger charge is 2.43. The van der Waals surface area contributed by atoms with Crippen molar-refractivity contribution in [3.05, 3.63) is 64.7 Å². The molecule has 2 aromatic rings. The molecule has 2 aromatic carbocycles. The molecule has 0 bridgehead atoms. The second kappa shape index (κ2) is 8.49. The summed E-state index contributed by atoms with van der Waals surface area (Å²) in [5.41, 5.74) is 4.70. The van der Waals surface area contributed by atoms with E-state index < -0.39 is 11.1 Å². The van der Waals surface area contributed by atoms with E-state index in [0.29, 0.717) is 35.9 Å². The topological polar surface area (TPSA) is 69.6 Å². The summed E-state index contributed by atoms with van der Waals surface area (Å²) in [7, 11) is 0. The van der Waals surface area contributed by atoms with Gasteiger partial charge in [0.05, 0.1) is 11.3 Å². The summed E-state index contributed by atoms with van der Waals surface area (Å²) in [5, 5.41) is 3.66. The zero-order valence-electron chi connectivity index (χ0n) is 17.8. The third-order valence-corrected chi connectivity index (χ3v) is 8.22. The van der Waals surface area contributed by atoms with Crippen LogP contribution in [0.15, 0.2) is 47.4 Å². The minimum Gasteiger partial charge on any atom is -0.338 e. The van der Waals surface area contributed by atoms with E-state index in [-0.39, 0.29) is 5.91 Å². The minimum atomic E-state index is -2.03. The number of amides is 1. The molecule has 3 aliphatic rings. The van der Waals surface area contributed by atoms with E-state index in [9.17, 15) is 13.6 Å². The van der Waals surface area contributed by atoms with Crippen molar-refractivity contribution in [1.82, 2.24) is 10.2 Å². The molecule has 0 radical (unpaired) electrons. The van der Waals surface area contributed by atoms with Crippen molar-refractivity contribution >= 4 is 17.0 Å². The van der Waals surface area contributed by atoms with Gasteiger partial charge in [0.2, 0.25) is 5.91 Å². The Balaban J connectivity index is 1.31. The zero-order chi connectivity index (χ0) is 21.4. The van der Waals surface area contributed by atoms with Crippen LogP contribution in [-0.4, -0.2) is 38.7 Å². The largest absolute Gasteiger partial charge is 0.338 e. The lowest BCUT2D eigenvalue weighted by molar-refractivity contribution is -0.131. The second-order valence-electron chi connectivity index (χ2n) is 9.55. The summed E-state index contributed by atoms with van der Waals surface area (Å²) in [6, 6.07) is 14.2. The monoisotopic (exact) mass is 438 g/mol. The summed E-state index contributed by atoms with van der Waals surface area (Å²) >= 11 is -2.03. The van der Waals surface area contributed by atoms with Gasteiger partial charge in [-0.2, -0.15) is 0 Å². The number of rotatable bonds is 5. The summed E-state index contributed by atoms with van der Waals surface area (Å²) in [5.74, 6) is 0.105. The van der Waals surface area contributed by atoms with Crippen LogP contribution in [0.1, 0.15) is 47.9 Å². The average Bonchev–Trinajstić information content (AvgIpc) is 3.18. The van der Waals surface area contributed by atoms with Crippen molar-refractivity contribution in [3.8, 4) is 0 Å². The Kier molecular flexibility index (Phi) is 5.71. The Hall–Kier alpha value is -2.02. The van der Waals surface area contributed by atoms with Gasteiger partial charge in [-0.3, -0.25) is 4.79 Å². The number of hydrogen-bond acceptors (Lipinski definition) is 3. The molecule has 2 atom stereocenters. The van der Waals surface area contributed by atoms with Gasteiger partial charge in [-0.25, -0.2) is 4.21 Å². The van der Waals surface area contributed by atoms with Gasteiger partial charge in [0.1, 0.15) is 0 Å². The maximum Gasteiger partial charge on any atom is 0.227 e. The molecule has 5 rings (SSSR count). The van der Waals surface area contributed by atoms with Crippen molar-refractivity contribution in [3.63, 3.8) is 0 Å². The molecule has 2 fully saturated rings. The molecule has 1 saturated heterocycles. The van der Waals surface area contributed by atoms with Crippen molar-refractivity contribution in [2.75, 3.05) is 13.1 Å². The summed E-state index contributed by atoms with van der Waals surface area (Å²) in [6.07, 6.45) is 7.11. The van der Waals surface area contributed by atoms with Gasteiger partial charge in [0.15, 0.2) is 11.1 Å². The first-order valence-electron chi connectivity index (χ1n) is 11.3. The van der Waals surface area contributed by atoms with E-state index in [0.717, 1.165) is 36.1 Å². The molecular formula is C25H30N2O3S. The van der Waals surface area contributed by atoms with Gasteiger partial charge in [-0.15, -0.1) is 0 Å². The molecule has 2 aliphatic heterocycles. The first kappa shape index (κ1) is 20.9. The standard InChI is InChI=1S/C25H30N2O3S/c28-24(11-18-5-2-1-3-6-18)27-10-7-19-12-20(23(31(29)30)14-21(19)16-27)13-22-15-25(17-26-22)8-4-9-25/h1-3,5-6,12,14,22,26H,4,7-11,13,15-17H2,(H,29,30). The first-order chi connectivity index (χ1) is 15.0. The minimum absolute atomic E-state index is 0.105. The number of carbonyl (C=O) groups excluding carboxylic acids is 1. The number of benzene rings is 2. The van der Waals surface area contributed by atoms with Gasteiger partial charge in [-0.1, -0.05) is 42.8 Å². The summed E-state index contributed by atoms with van der Waals surface area (Å²) in [4.78, 5) is 15.2. The molecule has 0 aromatic heterocycles. The van der Waals surface area contributed by atoms with Crippen LogP contribution in [0.5, 0.6) is 0 Å². The molecule has 5 nitrogen and oxygen atoms in total. The number of nitrogens with one attached hydrogen (secondary N) is 1. The Morgan fingerprint density at radius 3 is 2.68 bits per heavy atom. The predicted molar refractivity (Wildman–Crippen MR) is 121 cm³/mol. The molecule has 1 spiro atoms. The molecule has 2 N–H and O–H groups in total. The fraction of sp³-hybridized carbons (Fsp3) is 0.480. The van der Waals surface area contributed by atoms with Crippen LogP contribution in [0.4, 0.5) is 0 Å². The normalized spacial score (nSPS) is 22.7. The second-order valence-corrected chi connectivity index (χ2v) is 10.5. The van der Waals surface area contributed by atoms with Crippen molar-refractivity contribution in [1.29, 1.82) is 0 Å². The smallest absolute Gasteiger partial charge is 0.227 e. The van der Waals surface area contributed by atoms with Gasteiger partial charge < -0.3 is 14.8 Å². The number of hydrogen-bond donors (Lipinski definition) is 2. The maximum absolute atomic E-state index is 12.8. The predicted octanol–water partition coefficient (Wildman–Crippen LogP) is 3.47. The van der Waals surface area contributed by atoms with Crippen molar-refractivity contribution < 1.29 is 13.6 Å². The van der Waals surface area contributed by atoms with Gasteiger partial charge in [0, 0.05) is 25.7 Å². The highest BCUT2D eigenvalue weighted by atomic mass is 32.2. The van der Waals surface area contributed by atoms with Gasteiger partial charge in [0.25, 0.3) is 0 Å². The SMILES string of the molecule is O=C(Cc1ccccc1)N1CCc2cc(CC3CC4(CCC4)CN3)c(S(=O)O)cc2C1. The fourth-order valence-electron chi connectivity index (χ4n) is 5.55.